The molecule has 0 atom stereocenters. The summed E-state index contributed by atoms with van der Waals surface area (Å²) in [5.41, 5.74) is 10.0. The van der Waals surface area contributed by atoms with E-state index >= 15 is 0 Å². The summed E-state index contributed by atoms with van der Waals surface area (Å²) in [6.45, 7) is 0. The first kappa shape index (κ1) is 27.5. The van der Waals surface area contributed by atoms with E-state index in [4.69, 9.17) is 13.8 Å². The Hall–Kier alpha value is -6.65. The largest absolute Gasteiger partial charge is 0.456 e. The van der Waals surface area contributed by atoms with Gasteiger partial charge in [-0.3, -0.25) is 0 Å². The van der Waals surface area contributed by atoms with Crippen LogP contribution in [0.5, 0.6) is 0 Å². The molecule has 0 amide bonds. The predicted octanol–water partition coefficient (Wildman–Crippen LogP) is 12.8. The molecule has 0 aliphatic rings. The van der Waals surface area contributed by atoms with Gasteiger partial charge in [0.1, 0.15) is 16.7 Å². The van der Waals surface area contributed by atoms with Gasteiger partial charge in [0, 0.05) is 38.8 Å². The molecule has 8 aromatic carbocycles. The van der Waals surface area contributed by atoms with Gasteiger partial charge in [-0.1, -0.05) is 97.1 Å². The van der Waals surface area contributed by atoms with Crippen LogP contribution in [-0.4, -0.2) is 4.98 Å². The zero-order chi connectivity index (χ0) is 32.3. The highest BCUT2D eigenvalue weighted by Gasteiger charge is 2.17. The van der Waals surface area contributed by atoms with Gasteiger partial charge in [-0.25, -0.2) is 4.98 Å². The molecule has 0 aliphatic carbocycles. The average Bonchev–Trinajstić information content (AvgIpc) is 3.78. The third-order valence-electron chi connectivity index (χ3n) is 9.47. The fourth-order valence-corrected chi connectivity index (χ4v) is 7.10. The molecule has 10 aromatic rings. The summed E-state index contributed by atoms with van der Waals surface area (Å²) in [6, 6.07) is 59.3. The van der Waals surface area contributed by atoms with Crippen molar-refractivity contribution in [2.75, 3.05) is 4.90 Å². The molecule has 2 aromatic heterocycles. The number of hydrogen-bond acceptors (Lipinski definition) is 4. The smallest absolute Gasteiger partial charge is 0.227 e. The number of hydrogen-bond donors (Lipinski definition) is 0. The summed E-state index contributed by atoms with van der Waals surface area (Å²) >= 11 is 0. The lowest BCUT2D eigenvalue weighted by Gasteiger charge is -2.26. The van der Waals surface area contributed by atoms with Crippen molar-refractivity contribution in [2.24, 2.45) is 0 Å². The van der Waals surface area contributed by atoms with Crippen molar-refractivity contribution in [3.8, 4) is 22.6 Å². The Balaban J connectivity index is 1.07. The summed E-state index contributed by atoms with van der Waals surface area (Å²) in [7, 11) is 0. The Morgan fingerprint density at radius 3 is 1.94 bits per heavy atom. The van der Waals surface area contributed by atoms with Gasteiger partial charge in [0.15, 0.2) is 5.58 Å². The van der Waals surface area contributed by atoms with E-state index in [-0.39, 0.29) is 0 Å². The van der Waals surface area contributed by atoms with Crippen LogP contribution in [0.1, 0.15) is 0 Å². The van der Waals surface area contributed by atoms with Crippen LogP contribution in [0, 0.1) is 0 Å². The van der Waals surface area contributed by atoms with Crippen molar-refractivity contribution in [3.63, 3.8) is 0 Å². The van der Waals surface area contributed by atoms with Crippen molar-refractivity contribution in [1.82, 2.24) is 4.98 Å². The van der Waals surface area contributed by atoms with E-state index in [1.807, 2.05) is 48.5 Å². The first-order valence-corrected chi connectivity index (χ1v) is 16.5. The van der Waals surface area contributed by atoms with Crippen molar-refractivity contribution < 1.29 is 8.83 Å². The number of nitrogens with zero attached hydrogens (tertiary/aromatic N) is 2. The molecule has 2 heterocycles. The molecule has 0 radical (unpaired) electrons. The molecule has 0 unspecified atom stereocenters. The third-order valence-corrected chi connectivity index (χ3v) is 9.47. The maximum absolute atomic E-state index is 6.45. The second-order valence-electron chi connectivity index (χ2n) is 12.4. The first-order valence-electron chi connectivity index (χ1n) is 16.5. The van der Waals surface area contributed by atoms with Crippen LogP contribution < -0.4 is 4.90 Å². The molecule has 4 nitrogen and oxygen atoms in total. The van der Waals surface area contributed by atoms with E-state index in [1.165, 1.54) is 0 Å². The minimum absolute atomic E-state index is 0.633. The zero-order valence-corrected chi connectivity index (χ0v) is 26.4. The molecule has 230 valence electrons. The number of furan rings is 1. The quantitative estimate of drug-likeness (QED) is 0.178. The number of rotatable bonds is 5. The number of anilines is 3. The monoisotopic (exact) mass is 628 g/mol. The molecular formula is C45H28N2O2. The highest BCUT2D eigenvalue weighted by Crippen LogP contribution is 2.40. The van der Waals surface area contributed by atoms with E-state index in [1.54, 1.807) is 0 Å². The fourth-order valence-electron chi connectivity index (χ4n) is 7.10. The molecule has 0 aliphatic heterocycles. The summed E-state index contributed by atoms with van der Waals surface area (Å²) in [5.74, 6) is 0.633. The topological polar surface area (TPSA) is 42.4 Å². The van der Waals surface area contributed by atoms with Crippen LogP contribution in [0.3, 0.4) is 0 Å². The summed E-state index contributed by atoms with van der Waals surface area (Å²) in [6.07, 6.45) is 0. The van der Waals surface area contributed by atoms with Gasteiger partial charge in [0.25, 0.3) is 0 Å². The normalized spacial score (nSPS) is 11.7. The summed E-state index contributed by atoms with van der Waals surface area (Å²) in [5, 5.41) is 6.73. The van der Waals surface area contributed by atoms with Crippen LogP contribution in [0.4, 0.5) is 17.1 Å². The van der Waals surface area contributed by atoms with E-state index in [9.17, 15) is 0 Å². The van der Waals surface area contributed by atoms with Crippen LogP contribution in [0.25, 0.3) is 77.2 Å². The summed E-state index contributed by atoms with van der Waals surface area (Å²) < 4.78 is 12.5. The molecular weight excluding hydrogens is 601 g/mol. The number of aromatic nitrogens is 1. The van der Waals surface area contributed by atoms with E-state index < -0.39 is 0 Å². The Kier molecular flexibility index (Phi) is 6.15. The number of fused-ring (bicyclic) bond motifs is 8. The first-order chi connectivity index (χ1) is 24.3. The molecule has 4 heteroatoms. The van der Waals surface area contributed by atoms with Gasteiger partial charge in [0.2, 0.25) is 5.89 Å². The molecule has 10 rings (SSSR count). The van der Waals surface area contributed by atoms with Gasteiger partial charge < -0.3 is 13.7 Å². The van der Waals surface area contributed by atoms with Crippen molar-refractivity contribution >= 4 is 71.6 Å². The fraction of sp³-hybridized carbons (Fsp3) is 0. The highest BCUT2D eigenvalue weighted by atomic mass is 16.3. The van der Waals surface area contributed by atoms with Crippen LogP contribution in [-0.2, 0) is 0 Å². The zero-order valence-electron chi connectivity index (χ0n) is 26.4. The average molecular weight is 629 g/mol. The van der Waals surface area contributed by atoms with E-state index in [0.29, 0.717) is 5.89 Å². The molecule has 0 bridgehead atoms. The highest BCUT2D eigenvalue weighted by molar-refractivity contribution is 6.18. The summed E-state index contributed by atoms with van der Waals surface area (Å²) in [4.78, 5) is 7.15. The second kappa shape index (κ2) is 11.0. The van der Waals surface area contributed by atoms with Crippen molar-refractivity contribution in [1.29, 1.82) is 0 Å². The van der Waals surface area contributed by atoms with Gasteiger partial charge in [-0.2, -0.15) is 0 Å². The lowest BCUT2D eigenvalue weighted by atomic mass is 10.00. The van der Waals surface area contributed by atoms with Crippen molar-refractivity contribution in [3.05, 3.63) is 170 Å². The van der Waals surface area contributed by atoms with Gasteiger partial charge in [-0.05, 0) is 100 Å². The third kappa shape index (κ3) is 4.57. The molecule has 0 saturated carbocycles. The molecule has 0 N–H and O–H groups in total. The minimum atomic E-state index is 0.633. The molecule has 0 spiro atoms. The van der Waals surface area contributed by atoms with Gasteiger partial charge in [-0.15, -0.1) is 0 Å². The Morgan fingerprint density at radius 2 is 1.08 bits per heavy atom. The molecule has 0 saturated heterocycles. The number of oxazole rings is 1. The maximum atomic E-state index is 6.45. The Bertz CT molecular complexity index is 2820. The van der Waals surface area contributed by atoms with Gasteiger partial charge in [0.05, 0.1) is 0 Å². The second-order valence-corrected chi connectivity index (χ2v) is 12.4. The maximum Gasteiger partial charge on any atom is 0.227 e. The molecule has 0 fully saturated rings. The lowest BCUT2D eigenvalue weighted by Crippen LogP contribution is -2.09. The van der Waals surface area contributed by atoms with Gasteiger partial charge >= 0.3 is 0 Å². The standard InChI is InChI=1S/C45H28N2O2/c1-3-9-31(10-4-1)45-46-40-25-19-30-15-16-33-27-36(23-24-37(33)43(30)44(40)49-45)47(34-11-5-2-6-12-34)35-21-17-29(18-22-35)32-20-26-42-39(28-32)38-13-7-8-14-41(38)48-42/h1-28H. The SMILES string of the molecule is c1ccc(-c2nc3ccc4ccc5cc(N(c6ccccc6)c6ccc(-c7ccc8oc9ccccc9c8c7)cc6)ccc5c4c3o2)cc1. The van der Waals surface area contributed by atoms with Crippen LogP contribution >= 0.6 is 0 Å². The van der Waals surface area contributed by atoms with E-state index in [0.717, 1.165) is 88.3 Å². The molecule has 49 heavy (non-hydrogen) atoms. The van der Waals surface area contributed by atoms with Crippen LogP contribution in [0.15, 0.2) is 179 Å². The minimum Gasteiger partial charge on any atom is -0.456 e. The lowest BCUT2D eigenvalue weighted by molar-refractivity contribution is 0.623. The number of para-hydroxylation sites is 2. The van der Waals surface area contributed by atoms with Crippen LogP contribution in [0.2, 0.25) is 0 Å². The Morgan fingerprint density at radius 1 is 0.408 bits per heavy atom. The Labute approximate surface area is 282 Å². The number of benzene rings is 8. The predicted molar refractivity (Wildman–Crippen MR) is 202 cm³/mol. The van der Waals surface area contributed by atoms with E-state index in [2.05, 4.69) is 126 Å². The van der Waals surface area contributed by atoms with Crippen molar-refractivity contribution in [2.45, 2.75) is 0 Å².